The third-order valence-corrected chi connectivity index (χ3v) is 3.57. The first-order valence-corrected chi connectivity index (χ1v) is 6.17. The number of nitrogens with zero attached hydrogens (tertiary/aromatic N) is 1. The predicted octanol–water partition coefficient (Wildman–Crippen LogP) is 2.47. The van der Waals surface area contributed by atoms with Gasteiger partial charge in [-0.3, -0.25) is 4.79 Å². The number of rotatable bonds is 3. The lowest BCUT2D eigenvalue weighted by Crippen LogP contribution is -2.30. The fraction of sp³-hybridized carbons (Fsp3) is 0.357. The number of H-pyrrole nitrogens is 1. The number of aromatic amines is 1. The summed E-state index contributed by atoms with van der Waals surface area (Å²) in [6, 6.07) is 5.30. The lowest BCUT2D eigenvalue weighted by molar-refractivity contribution is -0.129. The van der Waals surface area contributed by atoms with Crippen molar-refractivity contribution in [2.45, 2.75) is 25.3 Å². The Morgan fingerprint density at radius 1 is 1.50 bits per heavy atom. The minimum Gasteiger partial charge on any atom is -0.361 e. The molecule has 1 aliphatic rings. The van der Waals surface area contributed by atoms with E-state index >= 15 is 0 Å². The minimum atomic E-state index is -0.273. The molecule has 0 radical (unpaired) electrons. The second-order valence-electron chi connectivity index (χ2n) is 4.89. The molecule has 1 saturated carbocycles. The van der Waals surface area contributed by atoms with Crippen LogP contribution in [0.15, 0.2) is 24.4 Å². The molecule has 0 spiro atoms. The molecule has 0 atom stereocenters. The summed E-state index contributed by atoms with van der Waals surface area (Å²) in [5.41, 5.74) is 1.48. The Kier molecular flexibility index (Phi) is 2.58. The van der Waals surface area contributed by atoms with Crippen molar-refractivity contribution in [1.82, 2.24) is 9.88 Å². The number of nitrogens with one attached hydrogen (secondary N) is 1. The maximum absolute atomic E-state index is 13.8. The van der Waals surface area contributed by atoms with Gasteiger partial charge in [0.15, 0.2) is 0 Å². The summed E-state index contributed by atoms with van der Waals surface area (Å²) in [6.45, 7) is 0. The number of carbonyl (C=O) groups is 1. The number of carbonyl (C=O) groups excluding carboxylic acids is 1. The van der Waals surface area contributed by atoms with Gasteiger partial charge in [-0.25, -0.2) is 4.39 Å². The van der Waals surface area contributed by atoms with E-state index in [9.17, 15) is 9.18 Å². The number of hydrogen-bond acceptors (Lipinski definition) is 1. The number of amides is 1. The normalized spacial score (nSPS) is 15.0. The van der Waals surface area contributed by atoms with Crippen molar-refractivity contribution in [3.8, 4) is 0 Å². The molecule has 0 aliphatic heterocycles. The van der Waals surface area contributed by atoms with E-state index in [0.29, 0.717) is 11.4 Å². The average Bonchev–Trinajstić information content (AvgIpc) is 3.12. The van der Waals surface area contributed by atoms with Crippen molar-refractivity contribution in [2.75, 3.05) is 7.05 Å². The first kappa shape index (κ1) is 11.3. The van der Waals surface area contributed by atoms with Crippen molar-refractivity contribution < 1.29 is 9.18 Å². The molecular formula is C14H15FN2O. The summed E-state index contributed by atoms with van der Waals surface area (Å²) in [5, 5.41) is 0.537. The summed E-state index contributed by atoms with van der Waals surface area (Å²) >= 11 is 0. The van der Waals surface area contributed by atoms with Gasteiger partial charge in [0.05, 0.1) is 6.42 Å². The van der Waals surface area contributed by atoms with Crippen LogP contribution in [0.4, 0.5) is 4.39 Å². The van der Waals surface area contributed by atoms with E-state index in [0.717, 1.165) is 23.9 Å². The van der Waals surface area contributed by atoms with Crippen LogP contribution in [0.25, 0.3) is 10.9 Å². The maximum Gasteiger partial charge on any atom is 0.227 e. The van der Waals surface area contributed by atoms with Gasteiger partial charge in [-0.15, -0.1) is 0 Å². The van der Waals surface area contributed by atoms with E-state index in [1.165, 1.54) is 6.07 Å². The van der Waals surface area contributed by atoms with Gasteiger partial charge < -0.3 is 9.88 Å². The molecule has 4 heteroatoms. The molecule has 1 fully saturated rings. The van der Waals surface area contributed by atoms with E-state index < -0.39 is 0 Å². The van der Waals surface area contributed by atoms with Crippen LogP contribution in [0.5, 0.6) is 0 Å². The van der Waals surface area contributed by atoms with Crippen LogP contribution in [-0.4, -0.2) is 28.9 Å². The highest BCUT2D eigenvalue weighted by molar-refractivity contribution is 5.89. The van der Waals surface area contributed by atoms with Crippen molar-refractivity contribution in [3.63, 3.8) is 0 Å². The first-order valence-electron chi connectivity index (χ1n) is 6.17. The van der Waals surface area contributed by atoms with Crippen LogP contribution in [0.2, 0.25) is 0 Å². The zero-order chi connectivity index (χ0) is 12.7. The van der Waals surface area contributed by atoms with Crippen molar-refractivity contribution in [1.29, 1.82) is 0 Å². The van der Waals surface area contributed by atoms with Gasteiger partial charge in [0, 0.05) is 30.2 Å². The Labute approximate surface area is 105 Å². The predicted molar refractivity (Wildman–Crippen MR) is 67.8 cm³/mol. The van der Waals surface area contributed by atoms with Gasteiger partial charge in [0.1, 0.15) is 5.82 Å². The SMILES string of the molecule is CN(C(=O)Cc1c[nH]c2cccc(F)c12)C1CC1. The molecule has 1 aromatic carbocycles. The summed E-state index contributed by atoms with van der Waals surface area (Å²) in [5.74, 6) is -0.215. The molecule has 0 unspecified atom stereocenters. The third kappa shape index (κ3) is 1.88. The molecule has 0 bridgehead atoms. The van der Waals surface area contributed by atoms with Crippen molar-refractivity contribution in [2.24, 2.45) is 0 Å². The van der Waals surface area contributed by atoms with E-state index in [2.05, 4.69) is 4.98 Å². The number of likely N-dealkylation sites (N-methyl/N-ethyl adjacent to an activating group) is 1. The topological polar surface area (TPSA) is 36.1 Å². The molecule has 2 aromatic rings. The van der Waals surface area contributed by atoms with Gasteiger partial charge in [0.25, 0.3) is 0 Å². The molecule has 0 saturated heterocycles. The highest BCUT2D eigenvalue weighted by Gasteiger charge is 2.29. The van der Waals surface area contributed by atoms with Gasteiger partial charge in [-0.05, 0) is 30.5 Å². The van der Waals surface area contributed by atoms with Gasteiger partial charge in [-0.1, -0.05) is 6.07 Å². The van der Waals surface area contributed by atoms with E-state index in [-0.39, 0.29) is 18.1 Å². The summed E-state index contributed by atoms with van der Waals surface area (Å²) in [4.78, 5) is 16.8. The Bertz CT molecular complexity index is 601. The highest BCUT2D eigenvalue weighted by atomic mass is 19.1. The highest BCUT2D eigenvalue weighted by Crippen LogP contribution is 2.27. The number of hydrogen-bond donors (Lipinski definition) is 1. The lowest BCUT2D eigenvalue weighted by Gasteiger charge is -2.15. The van der Waals surface area contributed by atoms with Crippen LogP contribution in [-0.2, 0) is 11.2 Å². The number of halogens is 1. The van der Waals surface area contributed by atoms with Gasteiger partial charge in [0.2, 0.25) is 5.91 Å². The molecule has 1 heterocycles. The van der Waals surface area contributed by atoms with Gasteiger partial charge in [-0.2, -0.15) is 0 Å². The fourth-order valence-electron chi connectivity index (χ4n) is 2.30. The molecule has 3 rings (SSSR count). The molecular weight excluding hydrogens is 231 g/mol. The average molecular weight is 246 g/mol. The molecule has 94 valence electrons. The van der Waals surface area contributed by atoms with Crippen LogP contribution in [0, 0.1) is 5.82 Å². The maximum atomic E-state index is 13.8. The first-order chi connectivity index (χ1) is 8.66. The van der Waals surface area contributed by atoms with Crippen LogP contribution < -0.4 is 0 Å². The summed E-state index contributed by atoms with van der Waals surface area (Å²) in [6.07, 6.45) is 4.16. The minimum absolute atomic E-state index is 0.0571. The lowest BCUT2D eigenvalue weighted by atomic mass is 10.1. The summed E-state index contributed by atoms with van der Waals surface area (Å²) < 4.78 is 13.8. The number of aromatic nitrogens is 1. The quantitative estimate of drug-likeness (QED) is 0.887. The van der Waals surface area contributed by atoms with E-state index in [1.807, 2.05) is 13.1 Å². The Morgan fingerprint density at radius 3 is 3.00 bits per heavy atom. The van der Waals surface area contributed by atoms with Crippen LogP contribution in [0.1, 0.15) is 18.4 Å². The molecule has 1 aliphatic carbocycles. The zero-order valence-electron chi connectivity index (χ0n) is 10.2. The molecule has 1 N–H and O–H groups in total. The van der Waals surface area contributed by atoms with Crippen molar-refractivity contribution in [3.05, 3.63) is 35.8 Å². The second-order valence-corrected chi connectivity index (χ2v) is 4.89. The molecule has 1 amide bonds. The smallest absolute Gasteiger partial charge is 0.227 e. The fourth-order valence-corrected chi connectivity index (χ4v) is 2.30. The Hall–Kier alpha value is -1.84. The zero-order valence-corrected chi connectivity index (χ0v) is 10.2. The third-order valence-electron chi connectivity index (χ3n) is 3.57. The van der Waals surface area contributed by atoms with Crippen LogP contribution >= 0.6 is 0 Å². The van der Waals surface area contributed by atoms with Crippen LogP contribution in [0.3, 0.4) is 0 Å². The Morgan fingerprint density at radius 2 is 2.28 bits per heavy atom. The molecule has 18 heavy (non-hydrogen) atoms. The number of fused-ring (bicyclic) bond motifs is 1. The number of benzene rings is 1. The monoisotopic (exact) mass is 246 g/mol. The van der Waals surface area contributed by atoms with Gasteiger partial charge >= 0.3 is 0 Å². The second kappa shape index (κ2) is 4.12. The summed E-state index contributed by atoms with van der Waals surface area (Å²) in [7, 11) is 1.82. The van der Waals surface area contributed by atoms with E-state index in [4.69, 9.17) is 0 Å². The largest absolute Gasteiger partial charge is 0.361 e. The van der Waals surface area contributed by atoms with E-state index in [1.54, 1.807) is 17.2 Å². The molecule has 3 nitrogen and oxygen atoms in total. The Balaban J connectivity index is 1.88. The molecule has 1 aromatic heterocycles. The standard InChI is InChI=1S/C14H15FN2O/c1-17(10-5-6-10)13(18)7-9-8-16-12-4-2-3-11(15)14(9)12/h2-4,8,10,16H,5-7H2,1H3. The van der Waals surface area contributed by atoms with Crippen molar-refractivity contribution >= 4 is 16.8 Å².